The zero-order valence-corrected chi connectivity index (χ0v) is 11.0. The smallest absolute Gasteiger partial charge is 0.114 e. The molecule has 2 atom stereocenters. The molecule has 2 rings (SSSR count). The van der Waals surface area contributed by atoms with E-state index in [9.17, 15) is 0 Å². The van der Waals surface area contributed by atoms with Gasteiger partial charge in [0.05, 0.1) is 0 Å². The maximum atomic E-state index is 5.55. The van der Waals surface area contributed by atoms with Gasteiger partial charge in [-0.15, -0.1) is 11.8 Å². The third-order valence-electron chi connectivity index (χ3n) is 2.94. The maximum Gasteiger partial charge on any atom is 0.114 e. The van der Waals surface area contributed by atoms with E-state index in [0.29, 0.717) is 10.5 Å². The highest BCUT2D eigenvalue weighted by atomic mass is 32.2. The highest BCUT2D eigenvalue weighted by Crippen LogP contribution is 2.38. The van der Waals surface area contributed by atoms with E-state index in [-0.39, 0.29) is 0 Å². The van der Waals surface area contributed by atoms with Gasteiger partial charge in [-0.05, 0) is 32.8 Å². The molecule has 15 heavy (non-hydrogen) atoms. The lowest BCUT2D eigenvalue weighted by molar-refractivity contribution is 0.498. The van der Waals surface area contributed by atoms with Crippen molar-refractivity contribution in [3.63, 3.8) is 0 Å². The van der Waals surface area contributed by atoms with Gasteiger partial charge >= 0.3 is 0 Å². The van der Waals surface area contributed by atoms with Crippen LogP contribution in [0.2, 0.25) is 0 Å². The average Bonchev–Trinajstić information content (AvgIpc) is 2.49. The first kappa shape index (κ1) is 11.5. The number of thioether (sulfide) groups is 1. The Labute approximate surface area is 101 Å². The second-order valence-electron chi connectivity index (χ2n) is 4.29. The minimum Gasteiger partial charge on any atom is -0.465 e. The molecule has 1 aliphatic carbocycles. The van der Waals surface area contributed by atoms with Crippen LogP contribution in [0.1, 0.15) is 37.2 Å². The van der Waals surface area contributed by atoms with Crippen molar-refractivity contribution in [2.45, 2.75) is 54.9 Å². The summed E-state index contributed by atoms with van der Waals surface area (Å²) in [5.41, 5.74) is 0. The summed E-state index contributed by atoms with van der Waals surface area (Å²) in [6.45, 7) is 4.06. The van der Waals surface area contributed by atoms with E-state index >= 15 is 0 Å². The van der Waals surface area contributed by atoms with Gasteiger partial charge in [0.15, 0.2) is 0 Å². The lowest BCUT2D eigenvalue weighted by atomic mass is 10.00. The number of hydrogen-bond donors (Lipinski definition) is 1. The van der Waals surface area contributed by atoms with Gasteiger partial charge in [-0.25, -0.2) is 0 Å². The molecule has 0 spiro atoms. The lowest BCUT2D eigenvalue weighted by Crippen LogP contribution is -2.21. The standard InChI is InChI=1S/C12H18OS2/c1-8-7-12(9(2)13-8)15-11-6-4-3-5-10(11)14/h7,10-11,14H,3-6H2,1-2H3. The molecule has 0 radical (unpaired) electrons. The van der Waals surface area contributed by atoms with E-state index < -0.39 is 0 Å². The van der Waals surface area contributed by atoms with Crippen LogP contribution in [0.3, 0.4) is 0 Å². The van der Waals surface area contributed by atoms with Gasteiger partial charge in [-0.1, -0.05) is 12.8 Å². The first-order valence-electron chi connectivity index (χ1n) is 5.58. The molecule has 1 aromatic rings. The van der Waals surface area contributed by atoms with E-state index in [1.54, 1.807) is 0 Å². The SMILES string of the molecule is Cc1cc(SC2CCCCC2S)c(C)o1. The fourth-order valence-corrected chi connectivity index (χ4v) is 3.96. The van der Waals surface area contributed by atoms with Crippen molar-refractivity contribution in [3.8, 4) is 0 Å². The zero-order chi connectivity index (χ0) is 10.8. The normalized spacial score (nSPS) is 26.9. The topological polar surface area (TPSA) is 13.1 Å². The monoisotopic (exact) mass is 242 g/mol. The summed E-state index contributed by atoms with van der Waals surface area (Å²) in [5.74, 6) is 2.07. The van der Waals surface area contributed by atoms with Gasteiger partial charge in [0.1, 0.15) is 11.5 Å². The van der Waals surface area contributed by atoms with Crippen molar-refractivity contribution in [1.82, 2.24) is 0 Å². The molecule has 1 aromatic heterocycles. The first-order chi connectivity index (χ1) is 7.16. The number of thiol groups is 1. The van der Waals surface area contributed by atoms with Crippen molar-refractivity contribution in [2.24, 2.45) is 0 Å². The van der Waals surface area contributed by atoms with Crippen LogP contribution in [0.25, 0.3) is 0 Å². The Morgan fingerprint density at radius 2 is 2.07 bits per heavy atom. The van der Waals surface area contributed by atoms with Crippen molar-refractivity contribution in [1.29, 1.82) is 0 Å². The third kappa shape index (κ3) is 2.76. The Morgan fingerprint density at radius 1 is 1.33 bits per heavy atom. The second-order valence-corrected chi connectivity index (χ2v) is 6.23. The van der Waals surface area contributed by atoms with Crippen LogP contribution < -0.4 is 0 Å². The van der Waals surface area contributed by atoms with E-state index in [4.69, 9.17) is 4.42 Å². The van der Waals surface area contributed by atoms with Gasteiger partial charge < -0.3 is 4.42 Å². The number of rotatable bonds is 2. The molecule has 3 heteroatoms. The van der Waals surface area contributed by atoms with Gasteiger partial charge in [0, 0.05) is 15.4 Å². The summed E-state index contributed by atoms with van der Waals surface area (Å²) in [5, 5.41) is 1.22. The number of hydrogen-bond acceptors (Lipinski definition) is 3. The van der Waals surface area contributed by atoms with Crippen LogP contribution in [0.5, 0.6) is 0 Å². The summed E-state index contributed by atoms with van der Waals surface area (Å²) in [6.07, 6.45) is 5.25. The molecule has 2 unspecified atom stereocenters. The van der Waals surface area contributed by atoms with Gasteiger partial charge in [-0.3, -0.25) is 0 Å². The molecule has 1 aliphatic rings. The van der Waals surface area contributed by atoms with Crippen LogP contribution in [-0.2, 0) is 0 Å². The van der Waals surface area contributed by atoms with Gasteiger partial charge in [-0.2, -0.15) is 12.6 Å². The van der Waals surface area contributed by atoms with E-state index in [1.807, 2.05) is 25.6 Å². The Morgan fingerprint density at radius 3 is 2.67 bits per heavy atom. The molecule has 1 nitrogen and oxygen atoms in total. The molecule has 0 bridgehead atoms. The summed E-state index contributed by atoms with van der Waals surface area (Å²) >= 11 is 6.63. The molecule has 1 fully saturated rings. The van der Waals surface area contributed by atoms with E-state index in [0.717, 1.165) is 11.5 Å². The molecule has 0 aromatic carbocycles. The third-order valence-corrected chi connectivity index (χ3v) is 5.29. The number of furan rings is 1. The average molecular weight is 242 g/mol. The minimum absolute atomic E-state index is 0.554. The van der Waals surface area contributed by atoms with Crippen molar-refractivity contribution >= 4 is 24.4 Å². The van der Waals surface area contributed by atoms with Crippen LogP contribution >= 0.6 is 24.4 Å². The molecule has 1 saturated carbocycles. The molecule has 1 heterocycles. The van der Waals surface area contributed by atoms with Crippen molar-refractivity contribution < 1.29 is 4.42 Å². The molecule has 0 amide bonds. The Kier molecular flexibility index (Phi) is 3.73. The first-order valence-corrected chi connectivity index (χ1v) is 6.98. The van der Waals surface area contributed by atoms with Gasteiger partial charge in [0.25, 0.3) is 0 Å². The van der Waals surface area contributed by atoms with Crippen molar-refractivity contribution in [3.05, 3.63) is 17.6 Å². The van der Waals surface area contributed by atoms with Crippen LogP contribution in [-0.4, -0.2) is 10.5 Å². The summed E-state index contributed by atoms with van der Waals surface area (Å²) in [4.78, 5) is 1.30. The molecule has 0 N–H and O–H groups in total. The summed E-state index contributed by atoms with van der Waals surface area (Å²) < 4.78 is 5.55. The van der Waals surface area contributed by atoms with Crippen LogP contribution in [0.15, 0.2) is 15.4 Å². The van der Waals surface area contributed by atoms with Crippen LogP contribution in [0, 0.1) is 13.8 Å². The molecule has 0 saturated heterocycles. The predicted molar refractivity (Wildman–Crippen MR) is 69.1 cm³/mol. The fourth-order valence-electron chi connectivity index (χ4n) is 2.10. The quantitative estimate of drug-likeness (QED) is 0.780. The minimum atomic E-state index is 0.554. The van der Waals surface area contributed by atoms with E-state index in [2.05, 4.69) is 18.7 Å². The predicted octanol–water partition coefficient (Wildman–Crippen LogP) is 4.23. The molecular formula is C12H18OS2. The highest BCUT2D eigenvalue weighted by molar-refractivity contribution is 8.00. The zero-order valence-electron chi connectivity index (χ0n) is 9.32. The Bertz CT molecular complexity index is 332. The van der Waals surface area contributed by atoms with Crippen molar-refractivity contribution in [2.75, 3.05) is 0 Å². The molecular weight excluding hydrogens is 224 g/mol. The fraction of sp³-hybridized carbons (Fsp3) is 0.667. The Balaban J connectivity index is 2.04. The maximum absolute atomic E-state index is 5.55. The highest BCUT2D eigenvalue weighted by Gasteiger charge is 2.24. The molecule has 0 aliphatic heterocycles. The van der Waals surface area contributed by atoms with Crippen LogP contribution in [0.4, 0.5) is 0 Å². The molecule has 84 valence electrons. The lowest BCUT2D eigenvalue weighted by Gasteiger charge is -2.27. The largest absolute Gasteiger partial charge is 0.465 e. The second kappa shape index (κ2) is 4.88. The van der Waals surface area contributed by atoms with Gasteiger partial charge in [0.2, 0.25) is 0 Å². The summed E-state index contributed by atoms with van der Waals surface area (Å²) in [7, 11) is 0. The Hall–Kier alpha value is -0.0200. The summed E-state index contributed by atoms with van der Waals surface area (Å²) in [6, 6.07) is 2.15. The van der Waals surface area contributed by atoms with E-state index in [1.165, 1.54) is 30.6 Å². The number of aryl methyl sites for hydroxylation is 2.